The first-order chi connectivity index (χ1) is 16.5. The van der Waals surface area contributed by atoms with E-state index in [-0.39, 0.29) is 11.3 Å². The molecule has 0 aromatic heterocycles. The van der Waals surface area contributed by atoms with Gasteiger partial charge in [0.25, 0.3) is 5.91 Å². The third kappa shape index (κ3) is 4.54. The van der Waals surface area contributed by atoms with E-state index in [2.05, 4.69) is 39.4 Å². The summed E-state index contributed by atoms with van der Waals surface area (Å²) in [7, 11) is 0. The van der Waals surface area contributed by atoms with Crippen molar-refractivity contribution in [3.63, 3.8) is 0 Å². The zero-order valence-corrected chi connectivity index (χ0v) is 19.1. The average Bonchev–Trinajstić information content (AvgIpc) is 3.21. The number of rotatable bonds is 7. The Balaban J connectivity index is 1.28. The average molecular weight is 456 g/mol. The Morgan fingerprint density at radius 3 is 2.15 bits per heavy atom. The van der Waals surface area contributed by atoms with Crippen LogP contribution in [-0.2, 0) is 6.54 Å². The van der Waals surface area contributed by atoms with E-state index in [0.717, 1.165) is 38.3 Å². The zero-order valence-electron chi connectivity index (χ0n) is 19.1. The molecule has 174 valence electrons. The molecule has 0 radical (unpaired) electrons. The maximum atomic E-state index is 12.7. The van der Waals surface area contributed by atoms with Crippen LogP contribution in [0, 0.1) is 11.3 Å². The third-order valence-electron chi connectivity index (χ3n) is 7.17. The molecule has 2 fully saturated rings. The Morgan fingerprint density at radius 1 is 0.853 bits per heavy atom. The smallest absolute Gasteiger partial charge is 0.335 e. The molecular formula is C28H29N3O3. The Labute approximate surface area is 199 Å². The van der Waals surface area contributed by atoms with Gasteiger partial charge in [0.1, 0.15) is 0 Å². The lowest BCUT2D eigenvalue weighted by Gasteiger charge is -2.52. The maximum Gasteiger partial charge on any atom is 0.335 e. The van der Waals surface area contributed by atoms with Crippen LogP contribution in [0.4, 0.5) is 5.69 Å². The Bertz CT molecular complexity index is 1140. The Morgan fingerprint density at radius 2 is 1.50 bits per heavy atom. The van der Waals surface area contributed by atoms with Crippen LogP contribution in [0.5, 0.6) is 0 Å². The number of carboxylic acid groups (broad SMARTS) is 1. The number of carbonyl (C=O) groups is 2. The summed E-state index contributed by atoms with van der Waals surface area (Å²) in [6.07, 6.45) is 0. The van der Waals surface area contributed by atoms with Crippen molar-refractivity contribution in [1.29, 1.82) is 0 Å². The molecule has 2 saturated heterocycles. The fourth-order valence-corrected chi connectivity index (χ4v) is 5.36. The molecule has 0 aliphatic carbocycles. The molecular weight excluding hydrogens is 426 g/mol. The number of hydrogen-bond acceptors (Lipinski definition) is 4. The molecule has 2 aliphatic rings. The summed E-state index contributed by atoms with van der Waals surface area (Å²) in [5, 5.41) is 12.3. The number of carbonyl (C=O) groups excluding carboxylic acids is 1. The van der Waals surface area contributed by atoms with Gasteiger partial charge in [-0.1, -0.05) is 48.5 Å². The van der Waals surface area contributed by atoms with Crippen LogP contribution in [0.1, 0.15) is 26.3 Å². The van der Waals surface area contributed by atoms with E-state index in [9.17, 15) is 9.59 Å². The quantitative estimate of drug-likeness (QED) is 0.568. The van der Waals surface area contributed by atoms with Gasteiger partial charge in [-0.25, -0.2) is 4.79 Å². The summed E-state index contributed by atoms with van der Waals surface area (Å²) in [6.45, 7) is 5.22. The van der Waals surface area contributed by atoms with Crippen molar-refractivity contribution < 1.29 is 14.7 Å². The molecule has 2 aliphatic heterocycles. The summed E-state index contributed by atoms with van der Waals surface area (Å²) < 4.78 is 0. The third-order valence-corrected chi connectivity index (χ3v) is 7.17. The van der Waals surface area contributed by atoms with Gasteiger partial charge in [-0.3, -0.25) is 9.69 Å². The first kappa shape index (κ1) is 22.2. The molecule has 3 aromatic rings. The molecule has 5 rings (SSSR count). The second-order valence-corrected chi connectivity index (χ2v) is 9.50. The minimum Gasteiger partial charge on any atom is -0.478 e. The molecule has 3 aromatic carbocycles. The highest BCUT2D eigenvalue weighted by molar-refractivity contribution is 5.94. The summed E-state index contributed by atoms with van der Waals surface area (Å²) in [6, 6.07) is 27.0. The van der Waals surface area contributed by atoms with Crippen LogP contribution in [-0.4, -0.2) is 54.6 Å². The van der Waals surface area contributed by atoms with Gasteiger partial charge < -0.3 is 15.3 Å². The van der Waals surface area contributed by atoms with Crippen LogP contribution in [0.15, 0.2) is 84.9 Å². The van der Waals surface area contributed by atoms with Crippen LogP contribution < -0.4 is 10.2 Å². The van der Waals surface area contributed by atoms with E-state index in [1.165, 1.54) is 5.69 Å². The van der Waals surface area contributed by atoms with E-state index in [4.69, 9.17) is 5.11 Å². The van der Waals surface area contributed by atoms with Gasteiger partial charge in [-0.05, 0) is 47.9 Å². The molecule has 1 spiro atoms. The van der Waals surface area contributed by atoms with Gasteiger partial charge in [0.05, 0.1) is 5.56 Å². The van der Waals surface area contributed by atoms with Crippen LogP contribution in [0.3, 0.4) is 0 Å². The molecule has 6 nitrogen and oxygen atoms in total. The minimum atomic E-state index is -0.906. The lowest BCUT2D eigenvalue weighted by molar-refractivity contribution is 0.0696. The molecule has 6 heteroatoms. The van der Waals surface area contributed by atoms with Gasteiger partial charge >= 0.3 is 5.97 Å². The number of nitrogens with one attached hydrogen (secondary N) is 1. The molecule has 1 atom stereocenters. The van der Waals surface area contributed by atoms with Gasteiger partial charge in [-0.2, -0.15) is 0 Å². The molecule has 0 saturated carbocycles. The van der Waals surface area contributed by atoms with E-state index < -0.39 is 5.97 Å². The summed E-state index contributed by atoms with van der Waals surface area (Å²) in [4.78, 5) is 28.7. The van der Waals surface area contributed by atoms with Crippen LogP contribution >= 0.6 is 0 Å². The van der Waals surface area contributed by atoms with Crippen molar-refractivity contribution in [3.8, 4) is 0 Å². The van der Waals surface area contributed by atoms with Gasteiger partial charge in [0, 0.05) is 55.9 Å². The molecule has 2 N–H and O–H groups in total. The fourth-order valence-electron chi connectivity index (χ4n) is 5.36. The summed E-state index contributed by atoms with van der Waals surface area (Å²) in [5.74, 6) is -0.590. The largest absolute Gasteiger partial charge is 0.478 e. The van der Waals surface area contributed by atoms with Crippen molar-refractivity contribution in [1.82, 2.24) is 10.2 Å². The van der Waals surface area contributed by atoms with Gasteiger partial charge in [-0.15, -0.1) is 0 Å². The fraction of sp³-hybridized carbons (Fsp3) is 0.286. The Kier molecular flexibility index (Phi) is 6.07. The Hall–Kier alpha value is -3.64. The van der Waals surface area contributed by atoms with Crippen molar-refractivity contribution >= 4 is 17.6 Å². The van der Waals surface area contributed by atoms with E-state index in [0.29, 0.717) is 23.6 Å². The first-order valence-corrected chi connectivity index (χ1v) is 11.7. The highest BCUT2D eigenvalue weighted by Gasteiger charge is 2.53. The lowest BCUT2D eigenvalue weighted by atomic mass is 9.71. The number of carboxylic acids is 1. The van der Waals surface area contributed by atoms with Crippen LogP contribution in [0.2, 0.25) is 0 Å². The number of likely N-dealkylation sites (tertiary alicyclic amines) is 1. The molecule has 2 heterocycles. The zero-order chi connectivity index (χ0) is 23.5. The monoisotopic (exact) mass is 455 g/mol. The standard InChI is InChI=1S/C28H29N3O3/c32-26(22-7-3-1-4-8-22)29-15-24-17-30(16-21-11-13-23(14-12-21)27(33)34)18-28(24)19-31(20-28)25-9-5-2-6-10-25/h1-14,24H,15-20H2,(H,29,32)(H,33,34). The lowest BCUT2D eigenvalue weighted by Crippen LogP contribution is -2.62. The minimum absolute atomic E-state index is 0.0299. The summed E-state index contributed by atoms with van der Waals surface area (Å²) >= 11 is 0. The number of aromatic carboxylic acids is 1. The molecule has 0 bridgehead atoms. The molecule has 1 unspecified atom stereocenters. The highest BCUT2D eigenvalue weighted by Crippen LogP contribution is 2.45. The molecule has 34 heavy (non-hydrogen) atoms. The number of anilines is 1. The van der Waals surface area contributed by atoms with E-state index in [1.807, 2.05) is 48.5 Å². The number of para-hydroxylation sites is 1. The number of hydrogen-bond donors (Lipinski definition) is 2. The normalized spacial score (nSPS) is 19.1. The van der Waals surface area contributed by atoms with Gasteiger partial charge in [0.15, 0.2) is 0 Å². The summed E-state index contributed by atoms with van der Waals surface area (Å²) in [5.41, 5.74) is 3.46. The SMILES string of the molecule is O=C(O)c1ccc(CN2CC(CNC(=O)c3ccccc3)C3(C2)CN(c2ccccc2)C3)cc1. The topological polar surface area (TPSA) is 72.9 Å². The van der Waals surface area contributed by atoms with E-state index in [1.54, 1.807) is 12.1 Å². The van der Waals surface area contributed by atoms with Crippen molar-refractivity contribution in [2.24, 2.45) is 11.3 Å². The van der Waals surface area contributed by atoms with Crippen LogP contribution in [0.25, 0.3) is 0 Å². The molecule has 1 amide bonds. The first-order valence-electron chi connectivity index (χ1n) is 11.7. The predicted octanol–water partition coefficient (Wildman–Crippen LogP) is 3.75. The van der Waals surface area contributed by atoms with Gasteiger partial charge in [0.2, 0.25) is 0 Å². The highest BCUT2D eigenvalue weighted by atomic mass is 16.4. The van der Waals surface area contributed by atoms with Crippen molar-refractivity contribution in [3.05, 3.63) is 102 Å². The second-order valence-electron chi connectivity index (χ2n) is 9.50. The number of amides is 1. The maximum absolute atomic E-state index is 12.7. The van der Waals surface area contributed by atoms with Crippen molar-refractivity contribution in [2.75, 3.05) is 37.6 Å². The van der Waals surface area contributed by atoms with Crippen molar-refractivity contribution in [2.45, 2.75) is 6.54 Å². The number of benzene rings is 3. The predicted molar refractivity (Wildman–Crippen MR) is 132 cm³/mol. The second kappa shape index (κ2) is 9.31. The van der Waals surface area contributed by atoms with E-state index >= 15 is 0 Å². The number of nitrogens with zero attached hydrogens (tertiary/aromatic N) is 2.